The Hall–Kier alpha value is -2.03. The predicted molar refractivity (Wildman–Crippen MR) is 53.8 cm³/mol. The highest BCUT2D eigenvalue weighted by molar-refractivity contribution is 5.91. The maximum atomic E-state index is 5.30. The second kappa shape index (κ2) is 2.73. The van der Waals surface area contributed by atoms with Crippen LogP contribution in [0.15, 0.2) is 47.1 Å². The summed E-state index contributed by atoms with van der Waals surface area (Å²) in [7, 11) is 0. The Balaban J connectivity index is 2.33. The van der Waals surface area contributed by atoms with E-state index in [9.17, 15) is 0 Å². The normalized spacial score (nSPS) is 10.9. The fourth-order valence-electron chi connectivity index (χ4n) is 1.56. The number of para-hydroxylation sites is 1. The van der Waals surface area contributed by atoms with E-state index < -0.39 is 0 Å². The maximum absolute atomic E-state index is 5.30. The van der Waals surface area contributed by atoms with Crippen LogP contribution in [-0.4, -0.2) is 10.2 Å². The summed E-state index contributed by atoms with van der Waals surface area (Å²) in [5.74, 6) is 0.794. The van der Waals surface area contributed by atoms with Crippen LogP contribution in [0.1, 0.15) is 0 Å². The summed E-state index contributed by atoms with van der Waals surface area (Å²) >= 11 is 0. The minimum absolute atomic E-state index is 0.794. The van der Waals surface area contributed by atoms with Crippen molar-refractivity contribution in [3.63, 3.8) is 0 Å². The number of fused-ring (bicyclic) bond motifs is 1. The molecule has 3 nitrogen and oxygen atoms in total. The van der Waals surface area contributed by atoms with E-state index in [0.717, 1.165) is 22.4 Å². The second-order valence-corrected chi connectivity index (χ2v) is 3.10. The molecule has 0 bridgehead atoms. The minimum Gasteiger partial charge on any atom is -0.463 e. The monoisotopic (exact) mass is 184 g/mol. The Morgan fingerprint density at radius 2 is 2.00 bits per heavy atom. The molecule has 0 fully saturated rings. The number of nitrogens with zero attached hydrogens (tertiary/aromatic N) is 1. The number of aromatic amines is 1. The third kappa shape index (κ3) is 0.956. The van der Waals surface area contributed by atoms with Gasteiger partial charge in [0, 0.05) is 5.39 Å². The van der Waals surface area contributed by atoms with Crippen molar-refractivity contribution in [2.45, 2.75) is 0 Å². The van der Waals surface area contributed by atoms with Crippen molar-refractivity contribution in [1.82, 2.24) is 10.2 Å². The van der Waals surface area contributed by atoms with Gasteiger partial charge in [-0.25, -0.2) is 0 Å². The number of hydrogen-bond donors (Lipinski definition) is 1. The van der Waals surface area contributed by atoms with Gasteiger partial charge in [0.1, 0.15) is 5.69 Å². The highest BCUT2D eigenvalue weighted by Crippen LogP contribution is 2.25. The first kappa shape index (κ1) is 7.38. The summed E-state index contributed by atoms with van der Waals surface area (Å²) in [4.78, 5) is 0. The Morgan fingerprint density at radius 1 is 1.07 bits per heavy atom. The first-order chi connectivity index (χ1) is 6.95. The van der Waals surface area contributed by atoms with Crippen molar-refractivity contribution < 1.29 is 4.42 Å². The van der Waals surface area contributed by atoms with Crippen LogP contribution in [0.5, 0.6) is 0 Å². The molecule has 0 amide bonds. The molecule has 0 atom stereocenters. The number of hydrogen-bond acceptors (Lipinski definition) is 2. The van der Waals surface area contributed by atoms with Crippen LogP contribution in [0.25, 0.3) is 22.4 Å². The van der Waals surface area contributed by atoms with E-state index in [1.54, 1.807) is 6.26 Å². The second-order valence-electron chi connectivity index (χ2n) is 3.10. The summed E-state index contributed by atoms with van der Waals surface area (Å²) in [5.41, 5.74) is 1.89. The fraction of sp³-hybridized carbons (Fsp3) is 0. The van der Waals surface area contributed by atoms with Gasteiger partial charge in [-0.1, -0.05) is 18.2 Å². The van der Waals surface area contributed by atoms with Crippen molar-refractivity contribution in [3.8, 4) is 11.5 Å². The van der Waals surface area contributed by atoms with Gasteiger partial charge in [-0.05, 0) is 18.2 Å². The van der Waals surface area contributed by atoms with E-state index in [-0.39, 0.29) is 0 Å². The zero-order valence-corrected chi connectivity index (χ0v) is 7.40. The zero-order chi connectivity index (χ0) is 9.38. The van der Waals surface area contributed by atoms with E-state index in [1.807, 2.05) is 36.4 Å². The molecule has 0 radical (unpaired) electrons. The van der Waals surface area contributed by atoms with Gasteiger partial charge in [0.2, 0.25) is 0 Å². The predicted octanol–water partition coefficient (Wildman–Crippen LogP) is 2.82. The number of aromatic nitrogens is 2. The van der Waals surface area contributed by atoms with Crippen LogP contribution in [0.4, 0.5) is 0 Å². The van der Waals surface area contributed by atoms with Crippen molar-refractivity contribution >= 4 is 10.9 Å². The fourth-order valence-corrected chi connectivity index (χ4v) is 1.56. The quantitative estimate of drug-likeness (QED) is 0.631. The molecule has 2 heterocycles. The van der Waals surface area contributed by atoms with Crippen molar-refractivity contribution in [3.05, 3.63) is 42.7 Å². The number of rotatable bonds is 1. The number of furan rings is 1. The third-order valence-corrected chi connectivity index (χ3v) is 2.22. The molecule has 14 heavy (non-hydrogen) atoms. The number of H-pyrrole nitrogens is 1. The largest absolute Gasteiger partial charge is 0.463 e. The minimum atomic E-state index is 0.794. The van der Waals surface area contributed by atoms with E-state index in [2.05, 4.69) is 10.2 Å². The first-order valence-electron chi connectivity index (χ1n) is 4.42. The molecule has 1 aromatic carbocycles. The molecule has 68 valence electrons. The van der Waals surface area contributed by atoms with Crippen molar-refractivity contribution in [1.29, 1.82) is 0 Å². The molecule has 0 aliphatic carbocycles. The van der Waals surface area contributed by atoms with Gasteiger partial charge in [-0.15, -0.1) is 0 Å². The van der Waals surface area contributed by atoms with Gasteiger partial charge < -0.3 is 4.42 Å². The molecule has 1 N–H and O–H groups in total. The van der Waals surface area contributed by atoms with Crippen LogP contribution >= 0.6 is 0 Å². The summed E-state index contributed by atoms with van der Waals surface area (Å²) in [6.45, 7) is 0. The molecule has 0 aliphatic rings. The average molecular weight is 184 g/mol. The lowest BCUT2D eigenvalue weighted by Crippen LogP contribution is -1.73. The highest BCUT2D eigenvalue weighted by Gasteiger charge is 2.08. The molecular formula is C11H8N2O. The Morgan fingerprint density at radius 3 is 2.86 bits per heavy atom. The molecule has 0 aliphatic heterocycles. The lowest BCUT2D eigenvalue weighted by atomic mass is 10.2. The average Bonchev–Trinajstić information content (AvgIpc) is 2.85. The summed E-state index contributed by atoms with van der Waals surface area (Å²) in [5, 5.41) is 8.27. The molecule has 0 saturated heterocycles. The summed E-state index contributed by atoms with van der Waals surface area (Å²) in [6, 6.07) is 11.8. The summed E-state index contributed by atoms with van der Waals surface area (Å²) < 4.78 is 5.30. The topological polar surface area (TPSA) is 41.8 Å². The zero-order valence-electron chi connectivity index (χ0n) is 7.40. The van der Waals surface area contributed by atoms with E-state index in [4.69, 9.17) is 4.42 Å². The molecule has 0 saturated carbocycles. The van der Waals surface area contributed by atoms with Gasteiger partial charge in [-0.2, -0.15) is 5.10 Å². The van der Waals surface area contributed by atoms with Gasteiger partial charge >= 0.3 is 0 Å². The van der Waals surface area contributed by atoms with E-state index in [0.29, 0.717) is 0 Å². The van der Waals surface area contributed by atoms with E-state index in [1.165, 1.54) is 0 Å². The van der Waals surface area contributed by atoms with E-state index >= 15 is 0 Å². The molecule has 3 aromatic rings. The summed E-state index contributed by atoms with van der Waals surface area (Å²) in [6.07, 6.45) is 1.65. The smallest absolute Gasteiger partial charge is 0.154 e. The number of benzene rings is 1. The standard InChI is InChI=1S/C11H8N2O/c1-2-5-9-8(4-1)11(13-12-9)10-6-3-7-14-10/h1-7H,(H,12,13). The van der Waals surface area contributed by atoms with Crippen LogP contribution in [0.2, 0.25) is 0 Å². The molecule has 0 spiro atoms. The Labute approximate surface area is 80.4 Å². The number of nitrogens with one attached hydrogen (secondary N) is 1. The lowest BCUT2D eigenvalue weighted by molar-refractivity contribution is 0.580. The van der Waals surface area contributed by atoms with Gasteiger partial charge in [0.15, 0.2) is 5.76 Å². The molecule has 0 unspecified atom stereocenters. The SMILES string of the molecule is c1coc(-c2n[nH]c3ccccc23)c1. The molecular weight excluding hydrogens is 176 g/mol. The van der Waals surface area contributed by atoms with Crippen molar-refractivity contribution in [2.75, 3.05) is 0 Å². The van der Waals surface area contributed by atoms with Crippen LogP contribution < -0.4 is 0 Å². The van der Waals surface area contributed by atoms with Crippen LogP contribution in [-0.2, 0) is 0 Å². The lowest BCUT2D eigenvalue weighted by Gasteiger charge is -1.90. The molecule has 3 heteroatoms. The van der Waals surface area contributed by atoms with Gasteiger partial charge in [-0.3, -0.25) is 5.10 Å². The highest BCUT2D eigenvalue weighted by atomic mass is 16.3. The van der Waals surface area contributed by atoms with Crippen LogP contribution in [0, 0.1) is 0 Å². The van der Waals surface area contributed by atoms with Gasteiger partial charge in [0.05, 0.1) is 11.8 Å². The third-order valence-electron chi connectivity index (χ3n) is 2.22. The molecule has 2 aromatic heterocycles. The van der Waals surface area contributed by atoms with Crippen molar-refractivity contribution in [2.24, 2.45) is 0 Å². The van der Waals surface area contributed by atoms with Gasteiger partial charge in [0.25, 0.3) is 0 Å². The molecule has 3 rings (SSSR count). The Kier molecular flexibility index (Phi) is 1.44. The maximum Gasteiger partial charge on any atom is 0.154 e. The Bertz CT molecular complexity index is 551. The van der Waals surface area contributed by atoms with Crippen LogP contribution in [0.3, 0.4) is 0 Å². The first-order valence-corrected chi connectivity index (χ1v) is 4.42.